The van der Waals surface area contributed by atoms with Crippen LogP contribution in [0.4, 0.5) is 0 Å². The second-order valence-corrected chi connectivity index (χ2v) is 8.28. The molecule has 1 aromatic heterocycles. The first-order valence-corrected chi connectivity index (χ1v) is 9.24. The maximum Gasteiger partial charge on any atom is 0.150 e. The van der Waals surface area contributed by atoms with Crippen LogP contribution < -0.4 is 5.32 Å². The molecule has 1 aliphatic rings. The Balaban J connectivity index is 1.69. The lowest BCUT2D eigenvalue weighted by Crippen LogP contribution is -2.24. The highest BCUT2D eigenvalue weighted by Crippen LogP contribution is 2.24. The zero-order valence-corrected chi connectivity index (χ0v) is 13.4. The van der Waals surface area contributed by atoms with Gasteiger partial charge in [-0.25, -0.2) is 8.42 Å². The Labute approximate surface area is 126 Å². The molecule has 5 heteroatoms. The molecule has 1 atom stereocenters. The minimum atomic E-state index is -2.77. The molecule has 1 fully saturated rings. The van der Waals surface area contributed by atoms with Crippen molar-refractivity contribution >= 4 is 20.7 Å². The third-order valence-electron chi connectivity index (χ3n) is 4.56. The quantitative estimate of drug-likeness (QED) is 0.940. The number of nitrogens with zero attached hydrogens (tertiary/aromatic N) is 1. The molecule has 0 saturated carbocycles. The molecule has 1 saturated heterocycles. The summed E-state index contributed by atoms with van der Waals surface area (Å²) in [6, 6.07) is 8.41. The molecule has 0 amide bonds. The van der Waals surface area contributed by atoms with Crippen molar-refractivity contribution in [2.45, 2.75) is 19.9 Å². The zero-order valence-electron chi connectivity index (χ0n) is 12.6. The number of hydrogen-bond donors (Lipinski definition) is 1. The Bertz CT molecular complexity index is 723. The van der Waals surface area contributed by atoms with Gasteiger partial charge in [-0.2, -0.15) is 0 Å². The highest BCUT2D eigenvalue weighted by Gasteiger charge is 2.27. The number of para-hydroxylation sites is 1. The fourth-order valence-corrected chi connectivity index (χ4v) is 5.18. The predicted molar refractivity (Wildman–Crippen MR) is 86.1 cm³/mol. The molecule has 1 unspecified atom stereocenters. The Morgan fingerprint density at radius 3 is 2.76 bits per heavy atom. The van der Waals surface area contributed by atoms with E-state index in [1.165, 1.54) is 22.2 Å². The van der Waals surface area contributed by atoms with Crippen LogP contribution in [0.2, 0.25) is 0 Å². The minimum Gasteiger partial charge on any atom is -0.346 e. The number of aryl methyl sites for hydroxylation is 2. The normalized spacial score (nSPS) is 21.1. The van der Waals surface area contributed by atoms with Gasteiger partial charge in [-0.05, 0) is 37.4 Å². The zero-order chi connectivity index (χ0) is 15.0. The van der Waals surface area contributed by atoms with Crippen molar-refractivity contribution in [2.75, 3.05) is 18.1 Å². The molecule has 2 aromatic rings. The number of nitrogens with one attached hydrogen (secondary N) is 1. The van der Waals surface area contributed by atoms with Crippen LogP contribution in [-0.4, -0.2) is 31.0 Å². The highest BCUT2D eigenvalue weighted by atomic mass is 32.2. The molecule has 1 aliphatic heterocycles. The predicted octanol–water partition coefficient (Wildman–Crippen LogP) is 2.01. The number of rotatable bonds is 4. The van der Waals surface area contributed by atoms with Gasteiger partial charge < -0.3 is 9.88 Å². The second kappa shape index (κ2) is 5.46. The monoisotopic (exact) mass is 306 g/mol. The average molecular weight is 306 g/mol. The van der Waals surface area contributed by atoms with Gasteiger partial charge in [0, 0.05) is 30.2 Å². The molecule has 21 heavy (non-hydrogen) atoms. The van der Waals surface area contributed by atoms with Gasteiger partial charge in [0.05, 0.1) is 11.5 Å². The topological polar surface area (TPSA) is 51.1 Å². The molecule has 2 heterocycles. The van der Waals surface area contributed by atoms with Gasteiger partial charge in [0.15, 0.2) is 9.84 Å². The molecular formula is C16H22N2O2S. The van der Waals surface area contributed by atoms with Crippen molar-refractivity contribution < 1.29 is 8.42 Å². The number of sulfone groups is 1. The van der Waals surface area contributed by atoms with Crippen molar-refractivity contribution in [1.29, 1.82) is 0 Å². The van der Waals surface area contributed by atoms with E-state index in [9.17, 15) is 8.42 Å². The van der Waals surface area contributed by atoms with E-state index in [0.717, 1.165) is 19.5 Å². The van der Waals surface area contributed by atoms with Crippen molar-refractivity contribution in [3.8, 4) is 0 Å². The Hall–Kier alpha value is -1.33. The molecule has 114 valence electrons. The maximum atomic E-state index is 11.5. The van der Waals surface area contributed by atoms with Crippen molar-refractivity contribution in [1.82, 2.24) is 9.88 Å². The van der Waals surface area contributed by atoms with Crippen LogP contribution in [0, 0.1) is 12.8 Å². The first-order valence-electron chi connectivity index (χ1n) is 7.42. The van der Waals surface area contributed by atoms with Crippen molar-refractivity contribution in [2.24, 2.45) is 13.0 Å². The fourth-order valence-electron chi connectivity index (χ4n) is 3.31. The largest absolute Gasteiger partial charge is 0.346 e. The van der Waals surface area contributed by atoms with E-state index >= 15 is 0 Å². The molecular weight excluding hydrogens is 284 g/mol. The van der Waals surface area contributed by atoms with Gasteiger partial charge in [-0.3, -0.25) is 0 Å². The minimum absolute atomic E-state index is 0.269. The second-order valence-electron chi connectivity index (χ2n) is 6.05. The van der Waals surface area contributed by atoms with Crippen molar-refractivity contribution in [3.63, 3.8) is 0 Å². The van der Waals surface area contributed by atoms with Crippen molar-refractivity contribution in [3.05, 3.63) is 35.5 Å². The summed E-state index contributed by atoms with van der Waals surface area (Å²) in [6.07, 6.45) is 0.795. The van der Waals surface area contributed by atoms with Crippen LogP contribution in [0.15, 0.2) is 24.3 Å². The van der Waals surface area contributed by atoms with E-state index in [1.807, 2.05) is 0 Å². The van der Waals surface area contributed by atoms with Gasteiger partial charge in [0.1, 0.15) is 0 Å². The average Bonchev–Trinajstić information content (AvgIpc) is 2.92. The van der Waals surface area contributed by atoms with E-state index in [0.29, 0.717) is 11.5 Å². The lowest BCUT2D eigenvalue weighted by molar-refractivity contribution is 0.514. The lowest BCUT2D eigenvalue weighted by atomic mass is 10.1. The summed E-state index contributed by atoms with van der Waals surface area (Å²) in [5.74, 6) is 0.963. The van der Waals surface area contributed by atoms with Gasteiger partial charge in [-0.15, -0.1) is 0 Å². The smallest absolute Gasteiger partial charge is 0.150 e. The molecule has 0 radical (unpaired) electrons. The first-order chi connectivity index (χ1) is 9.98. The van der Waals surface area contributed by atoms with Crippen LogP contribution in [-0.2, 0) is 23.4 Å². The lowest BCUT2D eigenvalue weighted by Gasteiger charge is -2.11. The van der Waals surface area contributed by atoms with Crippen LogP contribution in [0.5, 0.6) is 0 Å². The Morgan fingerprint density at radius 1 is 1.33 bits per heavy atom. The van der Waals surface area contributed by atoms with Crippen LogP contribution in [0.3, 0.4) is 0 Å². The number of fused-ring (bicyclic) bond motifs is 1. The summed E-state index contributed by atoms with van der Waals surface area (Å²) < 4.78 is 25.2. The van der Waals surface area contributed by atoms with Crippen LogP contribution in [0.1, 0.15) is 17.7 Å². The van der Waals surface area contributed by atoms with Gasteiger partial charge in [-0.1, -0.05) is 18.2 Å². The first kappa shape index (κ1) is 14.6. The number of benzene rings is 1. The van der Waals surface area contributed by atoms with E-state index < -0.39 is 9.84 Å². The van der Waals surface area contributed by atoms with Crippen LogP contribution in [0.25, 0.3) is 10.9 Å². The Morgan fingerprint density at radius 2 is 2.10 bits per heavy atom. The molecule has 0 bridgehead atoms. The summed E-state index contributed by atoms with van der Waals surface area (Å²) in [7, 11) is -0.683. The van der Waals surface area contributed by atoms with Crippen LogP contribution >= 0.6 is 0 Å². The molecule has 4 nitrogen and oxygen atoms in total. The van der Waals surface area contributed by atoms with Gasteiger partial charge in [0.2, 0.25) is 0 Å². The highest BCUT2D eigenvalue weighted by molar-refractivity contribution is 7.91. The molecule has 0 spiro atoms. The molecule has 0 aliphatic carbocycles. The number of aromatic nitrogens is 1. The summed E-state index contributed by atoms with van der Waals surface area (Å²) in [6.45, 7) is 3.72. The summed E-state index contributed by atoms with van der Waals surface area (Å²) in [4.78, 5) is 0. The SMILES string of the molecule is Cc1c(CNCC2CCS(=O)(=O)C2)n(C)c2ccccc12. The molecule has 1 N–H and O–H groups in total. The van der Waals surface area contributed by atoms with E-state index in [1.54, 1.807) is 0 Å². The van der Waals surface area contributed by atoms with E-state index in [2.05, 4.69) is 48.1 Å². The Kier molecular flexibility index (Phi) is 3.80. The standard InChI is InChI=1S/C16H22N2O2S/c1-12-14-5-3-4-6-15(14)18(2)16(12)10-17-9-13-7-8-21(19,20)11-13/h3-6,13,17H,7-11H2,1-2H3. The van der Waals surface area contributed by atoms with E-state index in [-0.39, 0.29) is 5.92 Å². The maximum absolute atomic E-state index is 11.5. The third-order valence-corrected chi connectivity index (χ3v) is 6.40. The summed E-state index contributed by atoms with van der Waals surface area (Å²) in [5.41, 5.74) is 3.83. The fraction of sp³-hybridized carbons (Fsp3) is 0.500. The van der Waals surface area contributed by atoms with E-state index in [4.69, 9.17) is 0 Å². The van der Waals surface area contributed by atoms with Gasteiger partial charge >= 0.3 is 0 Å². The van der Waals surface area contributed by atoms with Gasteiger partial charge in [0.25, 0.3) is 0 Å². The molecule has 1 aromatic carbocycles. The summed E-state index contributed by atoms with van der Waals surface area (Å²) >= 11 is 0. The summed E-state index contributed by atoms with van der Waals surface area (Å²) in [5, 5.41) is 4.73. The molecule has 3 rings (SSSR count). The number of hydrogen-bond acceptors (Lipinski definition) is 3. The third kappa shape index (κ3) is 2.85.